The van der Waals surface area contributed by atoms with Crippen LogP contribution in [0.3, 0.4) is 0 Å². The van der Waals surface area contributed by atoms with Gasteiger partial charge in [0.25, 0.3) is 0 Å². The normalized spacial score (nSPS) is 12.8. The lowest BCUT2D eigenvalue weighted by Crippen LogP contribution is -2.07. The molecule has 0 saturated carbocycles. The predicted octanol–water partition coefficient (Wildman–Crippen LogP) is 1.75. The van der Waals surface area contributed by atoms with Crippen LogP contribution in [0, 0.1) is 6.92 Å². The summed E-state index contributed by atoms with van der Waals surface area (Å²) in [6, 6.07) is 3.51. The van der Waals surface area contributed by atoms with E-state index in [0.29, 0.717) is 5.76 Å². The van der Waals surface area contributed by atoms with E-state index in [1.54, 1.807) is 19.1 Å². The Morgan fingerprint density at radius 3 is 2.77 bits per heavy atom. The van der Waals surface area contributed by atoms with Gasteiger partial charge in [-0.3, -0.25) is 4.79 Å². The second-order valence-corrected chi connectivity index (χ2v) is 2.77. The van der Waals surface area contributed by atoms with Crippen molar-refractivity contribution in [2.24, 2.45) is 0 Å². The Morgan fingerprint density at radius 2 is 2.38 bits per heavy atom. The third-order valence-corrected chi connectivity index (χ3v) is 1.72. The molecule has 0 radical (unpaired) electrons. The molecule has 0 bridgehead atoms. The lowest BCUT2D eigenvalue weighted by atomic mass is 10.2. The molecule has 4 heteroatoms. The van der Waals surface area contributed by atoms with Crippen molar-refractivity contribution in [3.63, 3.8) is 0 Å². The first kappa shape index (κ1) is 9.80. The fourth-order valence-electron chi connectivity index (χ4n) is 1.09. The summed E-state index contributed by atoms with van der Waals surface area (Å²) in [6.07, 6.45) is -0.574. The van der Waals surface area contributed by atoms with E-state index in [2.05, 4.69) is 0 Å². The molecule has 72 valence electrons. The van der Waals surface area contributed by atoms with Gasteiger partial charge in [-0.05, 0) is 19.1 Å². The van der Waals surface area contributed by atoms with Crippen molar-refractivity contribution in [2.75, 3.05) is 7.11 Å². The van der Waals surface area contributed by atoms with Crippen LogP contribution in [0.4, 0.5) is 0 Å². The molecule has 0 aliphatic carbocycles. The summed E-state index contributed by atoms with van der Waals surface area (Å²) in [6.45, 7) is 1.80. The van der Waals surface area contributed by atoms with Gasteiger partial charge in [0.05, 0.1) is 6.42 Å². The standard InChI is InChI=1S/C9H12O4/c1-6-3-4-7(13-6)8(12-2)5-9(10)11/h3-4,8H,5H2,1-2H3,(H,10,11). The van der Waals surface area contributed by atoms with Gasteiger partial charge in [0.15, 0.2) is 0 Å². The van der Waals surface area contributed by atoms with Crippen molar-refractivity contribution in [3.05, 3.63) is 23.7 Å². The van der Waals surface area contributed by atoms with Crippen LogP contribution in [-0.4, -0.2) is 18.2 Å². The molecule has 1 N–H and O–H groups in total. The molecule has 1 atom stereocenters. The third-order valence-electron chi connectivity index (χ3n) is 1.72. The average Bonchev–Trinajstić information content (AvgIpc) is 2.47. The summed E-state index contributed by atoms with van der Waals surface area (Å²) in [5.41, 5.74) is 0. The molecule has 0 amide bonds. The lowest BCUT2D eigenvalue weighted by Gasteiger charge is -2.09. The fraction of sp³-hybridized carbons (Fsp3) is 0.444. The summed E-state index contributed by atoms with van der Waals surface area (Å²) in [5, 5.41) is 8.56. The zero-order valence-electron chi connectivity index (χ0n) is 7.61. The van der Waals surface area contributed by atoms with Crippen LogP contribution < -0.4 is 0 Å². The third kappa shape index (κ3) is 2.59. The minimum Gasteiger partial charge on any atom is -0.481 e. The molecular formula is C9H12O4. The largest absolute Gasteiger partial charge is 0.481 e. The maximum atomic E-state index is 10.4. The number of rotatable bonds is 4. The highest BCUT2D eigenvalue weighted by Gasteiger charge is 2.17. The van der Waals surface area contributed by atoms with E-state index < -0.39 is 12.1 Å². The maximum Gasteiger partial charge on any atom is 0.306 e. The second-order valence-electron chi connectivity index (χ2n) is 2.77. The zero-order chi connectivity index (χ0) is 9.84. The highest BCUT2D eigenvalue weighted by molar-refractivity contribution is 5.67. The number of aryl methyl sites for hydroxylation is 1. The summed E-state index contributed by atoms with van der Waals surface area (Å²) in [7, 11) is 1.46. The molecule has 0 saturated heterocycles. The lowest BCUT2D eigenvalue weighted by molar-refractivity contribution is -0.140. The molecule has 13 heavy (non-hydrogen) atoms. The van der Waals surface area contributed by atoms with E-state index in [1.165, 1.54) is 7.11 Å². The first-order valence-electron chi connectivity index (χ1n) is 3.94. The smallest absolute Gasteiger partial charge is 0.306 e. The molecule has 4 nitrogen and oxygen atoms in total. The van der Waals surface area contributed by atoms with Gasteiger partial charge in [0.2, 0.25) is 0 Å². The molecule has 0 spiro atoms. The van der Waals surface area contributed by atoms with E-state index in [4.69, 9.17) is 14.3 Å². The number of carboxylic acids is 1. The number of furan rings is 1. The summed E-state index contributed by atoms with van der Waals surface area (Å²) >= 11 is 0. The summed E-state index contributed by atoms with van der Waals surface area (Å²) < 4.78 is 10.2. The minimum atomic E-state index is -0.902. The van der Waals surface area contributed by atoms with Gasteiger partial charge in [0.1, 0.15) is 17.6 Å². The van der Waals surface area contributed by atoms with Gasteiger partial charge in [-0.2, -0.15) is 0 Å². The van der Waals surface area contributed by atoms with Crippen molar-refractivity contribution in [3.8, 4) is 0 Å². The van der Waals surface area contributed by atoms with Gasteiger partial charge < -0.3 is 14.3 Å². The molecule has 0 aliphatic heterocycles. The zero-order valence-corrected chi connectivity index (χ0v) is 7.61. The Labute approximate surface area is 76.1 Å². The molecule has 1 aromatic heterocycles. The quantitative estimate of drug-likeness (QED) is 0.774. The molecule has 1 rings (SSSR count). The van der Waals surface area contributed by atoms with Crippen LogP contribution in [0.25, 0.3) is 0 Å². The Hall–Kier alpha value is -1.29. The monoisotopic (exact) mass is 184 g/mol. The Balaban J connectivity index is 2.72. The minimum absolute atomic E-state index is 0.0799. The van der Waals surface area contributed by atoms with Crippen LogP contribution in [0.1, 0.15) is 24.0 Å². The van der Waals surface area contributed by atoms with Crippen LogP contribution in [0.5, 0.6) is 0 Å². The van der Waals surface area contributed by atoms with E-state index in [1.807, 2.05) is 0 Å². The predicted molar refractivity (Wildman–Crippen MR) is 45.4 cm³/mol. The molecule has 0 aliphatic rings. The van der Waals surface area contributed by atoms with Crippen molar-refractivity contribution >= 4 is 5.97 Å². The first-order valence-corrected chi connectivity index (χ1v) is 3.94. The van der Waals surface area contributed by atoms with Crippen LogP contribution in [0.2, 0.25) is 0 Å². The van der Waals surface area contributed by atoms with E-state index in [0.717, 1.165) is 5.76 Å². The SMILES string of the molecule is COC(CC(=O)O)c1ccc(C)o1. The number of hydrogen-bond acceptors (Lipinski definition) is 3. The van der Waals surface area contributed by atoms with E-state index in [-0.39, 0.29) is 6.42 Å². The molecule has 1 unspecified atom stereocenters. The van der Waals surface area contributed by atoms with Gasteiger partial charge in [0, 0.05) is 7.11 Å². The first-order chi connectivity index (χ1) is 6.13. The number of carboxylic acid groups (broad SMARTS) is 1. The average molecular weight is 184 g/mol. The van der Waals surface area contributed by atoms with Crippen LogP contribution in [-0.2, 0) is 9.53 Å². The topological polar surface area (TPSA) is 59.7 Å². The van der Waals surface area contributed by atoms with Crippen LogP contribution in [0.15, 0.2) is 16.5 Å². The number of carbonyl (C=O) groups is 1. The highest BCUT2D eigenvalue weighted by Crippen LogP contribution is 2.22. The molecule has 0 fully saturated rings. The summed E-state index contributed by atoms with van der Waals surface area (Å²) in [4.78, 5) is 10.4. The molecule has 1 aromatic rings. The molecule has 0 aromatic carbocycles. The molecule has 1 heterocycles. The maximum absolute atomic E-state index is 10.4. The van der Waals surface area contributed by atoms with Gasteiger partial charge >= 0.3 is 5.97 Å². The van der Waals surface area contributed by atoms with Crippen LogP contribution >= 0.6 is 0 Å². The number of hydrogen-bond donors (Lipinski definition) is 1. The van der Waals surface area contributed by atoms with E-state index in [9.17, 15) is 4.79 Å². The van der Waals surface area contributed by atoms with E-state index >= 15 is 0 Å². The number of aliphatic carboxylic acids is 1. The Kier molecular flexibility index (Phi) is 3.08. The van der Waals surface area contributed by atoms with Crippen molar-refractivity contribution in [2.45, 2.75) is 19.4 Å². The second kappa shape index (κ2) is 4.09. The van der Waals surface area contributed by atoms with Gasteiger partial charge in [-0.15, -0.1) is 0 Å². The Bertz CT molecular complexity index is 290. The van der Waals surface area contributed by atoms with Gasteiger partial charge in [-0.1, -0.05) is 0 Å². The highest BCUT2D eigenvalue weighted by atomic mass is 16.5. The molecular weight excluding hydrogens is 172 g/mol. The van der Waals surface area contributed by atoms with Crippen molar-refractivity contribution in [1.82, 2.24) is 0 Å². The summed E-state index contributed by atoms with van der Waals surface area (Å²) in [5.74, 6) is 0.408. The van der Waals surface area contributed by atoms with Crippen molar-refractivity contribution < 1.29 is 19.1 Å². The number of ether oxygens (including phenoxy) is 1. The fourth-order valence-corrected chi connectivity index (χ4v) is 1.09. The van der Waals surface area contributed by atoms with Crippen molar-refractivity contribution in [1.29, 1.82) is 0 Å². The number of methoxy groups -OCH3 is 1. The Morgan fingerprint density at radius 1 is 1.69 bits per heavy atom. The van der Waals surface area contributed by atoms with Gasteiger partial charge in [-0.25, -0.2) is 0 Å².